The molecule has 94 valence electrons. The molecule has 1 aliphatic heterocycles. The van der Waals surface area contributed by atoms with Crippen molar-refractivity contribution in [2.24, 2.45) is 0 Å². The molecule has 1 fully saturated rings. The van der Waals surface area contributed by atoms with Crippen molar-refractivity contribution < 1.29 is 9.53 Å². The highest BCUT2D eigenvalue weighted by Gasteiger charge is 2.22. The number of morpholine rings is 1. The summed E-state index contributed by atoms with van der Waals surface area (Å²) in [6.45, 7) is 9.79. The summed E-state index contributed by atoms with van der Waals surface area (Å²) in [7, 11) is 0. The third-order valence-corrected chi connectivity index (χ3v) is 3.42. The summed E-state index contributed by atoms with van der Waals surface area (Å²) in [5.41, 5.74) is 3.06. The zero-order chi connectivity index (χ0) is 12.4. The number of hydrogen-bond donors (Lipinski definition) is 0. The second-order valence-corrected chi connectivity index (χ2v) is 4.43. The normalized spacial score (nSPS) is 16.3. The molecule has 4 nitrogen and oxygen atoms in total. The van der Waals surface area contributed by atoms with Crippen LogP contribution in [0.2, 0.25) is 0 Å². The molecule has 1 aromatic rings. The van der Waals surface area contributed by atoms with E-state index in [-0.39, 0.29) is 5.91 Å². The van der Waals surface area contributed by atoms with Crippen LogP contribution >= 0.6 is 0 Å². The zero-order valence-corrected chi connectivity index (χ0v) is 10.8. The van der Waals surface area contributed by atoms with Crippen molar-refractivity contribution in [2.45, 2.75) is 27.3 Å². The van der Waals surface area contributed by atoms with Crippen LogP contribution < -0.4 is 0 Å². The lowest BCUT2D eigenvalue weighted by Crippen LogP contribution is -2.40. The van der Waals surface area contributed by atoms with Crippen molar-refractivity contribution in [3.8, 4) is 0 Å². The first-order valence-electron chi connectivity index (χ1n) is 6.19. The number of hydrogen-bond acceptors (Lipinski definition) is 2. The van der Waals surface area contributed by atoms with Gasteiger partial charge in [0.1, 0.15) is 0 Å². The number of ether oxygens (including phenoxy) is 1. The SMILES string of the molecule is CCn1c(C)cc(C(=O)N2CCOCC2)c1C. The Labute approximate surface area is 102 Å². The van der Waals surface area contributed by atoms with Gasteiger partial charge in [0.15, 0.2) is 0 Å². The van der Waals surface area contributed by atoms with Crippen LogP contribution in [0.1, 0.15) is 28.7 Å². The predicted molar refractivity (Wildman–Crippen MR) is 66.3 cm³/mol. The number of carbonyl (C=O) groups excluding carboxylic acids is 1. The molecule has 4 heteroatoms. The summed E-state index contributed by atoms with van der Waals surface area (Å²) in [6, 6.07) is 2.00. The Morgan fingerprint density at radius 2 is 2.00 bits per heavy atom. The zero-order valence-electron chi connectivity index (χ0n) is 10.8. The van der Waals surface area contributed by atoms with Gasteiger partial charge in [-0.3, -0.25) is 4.79 Å². The Balaban J connectivity index is 2.24. The van der Waals surface area contributed by atoms with E-state index in [0.29, 0.717) is 26.3 Å². The van der Waals surface area contributed by atoms with Gasteiger partial charge in [-0.1, -0.05) is 0 Å². The number of amides is 1. The lowest BCUT2D eigenvalue weighted by Gasteiger charge is -2.26. The first-order chi connectivity index (χ1) is 8.15. The summed E-state index contributed by atoms with van der Waals surface area (Å²) in [6.07, 6.45) is 0. The molecular weight excluding hydrogens is 216 g/mol. The predicted octanol–water partition coefficient (Wildman–Crippen LogP) is 1.60. The van der Waals surface area contributed by atoms with Crippen LogP contribution in [-0.2, 0) is 11.3 Å². The first kappa shape index (κ1) is 12.2. The molecule has 1 saturated heterocycles. The molecule has 0 aromatic carbocycles. The number of aryl methyl sites for hydroxylation is 1. The maximum absolute atomic E-state index is 12.4. The van der Waals surface area contributed by atoms with Crippen LogP contribution in [0, 0.1) is 13.8 Å². The summed E-state index contributed by atoms with van der Waals surface area (Å²) in [5, 5.41) is 0. The fourth-order valence-corrected chi connectivity index (χ4v) is 2.44. The van der Waals surface area contributed by atoms with E-state index in [4.69, 9.17) is 4.74 Å². The van der Waals surface area contributed by atoms with E-state index in [9.17, 15) is 4.79 Å². The largest absolute Gasteiger partial charge is 0.378 e. The van der Waals surface area contributed by atoms with Crippen LogP contribution in [0.15, 0.2) is 6.07 Å². The summed E-state index contributed by atoms with van der Waals surface area (Å²) in [5.74, 6) is 0.140. The lowest BCUT2D eigenvalue weighted by molar-refractivity contribution is 0.0302. The standard InChI is InChI=1S/C13H20N2O2/c1-4-15-10(2)9-12(11(15)3)13(16)14-5-7-17-8-6-14/h9H,4-8H2,1-3H3. The van der Waals surface area contributed by atoms with E-state index in [0.717, 1.165) is 23.5 Å². The fraction of sp³-hybridized carbons (Fsp3) is 0.615. The van der Waals surface area contributed by atoms with Gasteiger partial charge >= 0.3 is 0 Å². The van der Waals surface area contributed by atoms with Crippen LogP contribution in [0.3, 0.4) is 0 Å². The molecule has 17 heavy (non-hydrogen) atoms. The molecule has 1 aliphatic rings. The van der Waals surface area contributed by atoms with Crippen molar-refractivity contribution in [3.63, 3.8) is 0 Å². The van der Waals surface area contributed by atoms with Crippen LogP contribution in [0.25, 0.3) is 0 Å². The maximum atomic E-state index is 12.4. The number of aromatic nitrogens is 1. The summed E-state index contributed by atoms with van der Waals surface area (Å²) >= 11 is 0. The molecule has 0 atom stereocenters. The second-order valence-electron chi connectivity index (χ2n) is 4.43. The average Bonchev–Trinajstić information content (AvgIpc) is 2.64. The van der Waals surface area contributed by atoms with Gasteiger partial charge in [0.05, 0.1) is 18.8 Å². The summed E-state index contributed by atoms with van der Waals surface area (Å²) < 4.78 is 7.44. The molecule has 0 saturated carbocycles. The molecule has 0 N–H and O–H groups in total. The first-order valence-corrected chi connectivity index (χ1v) is 6.19. The smallest absolute Gasteiger partial charge is 0.255 e. The Morgan fingerprint density at radius 3 is 2.53 bits per heavy atom. The highest BCUT2D eigenvalue weighted by molar-refractivity contribution is 5.95. The van der Waals surface area contributed by atoms with Crippen molar-refractivity contribution in [1.29, 1.82) is 0 Å². The Kier molecular flexibility index (Phi) is 3.52. The van der Waals surface area contributed by atoms with E-state index >= 15 is 0 Å². The fourth-order valence-electron chi connectivity index (χ4n) is 2.44. The van der Waals surface area contributed by atoms with Crippen LogP contribution in [-0.4, -0.2) is 41.7 Å². The van der Waals surface area contributed by atoms with Crippen molar-refractivity contribution in [3.05, 3.63) is 23.0 Å². The van der Waals surface area contributed by atoms with Crippen LogP contribution in [0.5, 0.6) is 0 Å². The lowest BCUT2D eigenvalue weighted by atomic mass is 10.2. The van der Waals surface area contributed by atoms with Crippen molar-refractivity contribution in [2.75, 3.05) is 26.3 Å². The van der Waals surface area contributed by atoms with Gasteiger partial charge in [0.2, 0.25) is 0 Å². The minimum absolute atomic E-state index is 0.140. The molecule has 1 aromatic heterocycles. The molecule has 0 bridgehead atoms. The number of nitrogens with zero attached hydrogens (tertiary/aromatic N) is 2. The molecule has 0 aliphatic carbocycles. The van der Waals surface area contributed by atoms with Gasteiger partial charge in [-0.25, -0.2) is 0 Å². The average molecular weight is 236 g/mol. The molecule has 1 amide bonds. The van der Waals surface area contributed by atoms with E-state index in [1.165, 1.54) is 0 Å². The third kappa shape index (κ3) is 2.22. The maximum Gasteiger partial charge on any atom is 0.255 e. The van der Waals surface area contributed by atoms with Gasteiger partial charge < -0.3 is 14.2 Å². The number of rotatable bonds is 2. The van der Waals surface area contributed by atoms with Crippen molar-refractivity contribution in [1.82, 2.24) is 9.47 Å². The van der Waals surface area contributed by atoms with Gasteiger partial charge in [-0.2, -0.15) is 0 Å². The van der Waals surface area contributed by atoms with Gasteiger partial charge in [-0.05, 0) is 26.8 Å². The molecule has 0 unspecified atom stereocenters. The Bertz CT molecular complexity index is 417. The molecule has 2 rings (SSSR count). The molecule has 2 heterocycles. The third-order valence-electron chi connectivity index (χ3n) is 3.42. The summed E-state index contributed by atoms with van der Waals surface area (Å²) in [4.78, 5) is 14.2. The highest BCUT2D eigenvalue weighted by Crippen LogP contribution is 2.17. The number of carbonyl (C=O) groups is 1. The van der Waals surface area contributed by atoms with Gasteiger partial charge in [0, 0.05) is 31.0 Å². The van der Waals surface area contributed by atoms with Crippen molar-refractivity contribution >= 4 is 5.91 Å². The highest BCUT2D eigenvalue weighted by atomic mass is 16.5. The monoisotopic (exact) mass is 236 g/mol. The Morgan fingerprint density at radius 1 is 1.35 bits per heavy atom. The Hall–Kier alpha value is -1.29. The van der Waals surface area contributed by atoms with E-state index in [2.05, 4.69) is 11.5 Å². The molecular formula is C13H20N2O2. The molecule has 0 radical (unpaired) electrons. The minimum Gasteiger partial charge on any atom is -0.378 e. The topological polar surface area (TPSA) is 34.5 Å². The van der Waals surface area contributed by atoms with E-state index < -0.39 is 0 Å². The van der Waals surface area contributed by atoms with Gasteiger partial charge in [-0.15, -0.1) is 0 Å². The quantitative estimate of drug-likeness (QED) is 0.781. The minimum atomic E-state index is 0.140. The van der Waals surface area contributed by atoms with Crippen LogP contribution in [0.4, 0.5) is 0 Å². The van der Waals surface area contributed by atoms with E-state index in [1.807, 2.05) is 24.8 Å². The second kappa shape index (κ2) is 4.92. The van der Waals surface area contributed by atoms with E-state index in [1.54, 1.807) is 0 Å². The van der Waals surface area contributed by atoms with Gasteiger partial charge in [0.25, 0.3) is 5.91 Å². The molecule has 0 spiro atoms.